The van der Waals surface area contributed by atoms with E-state index in [9.17, 15) is 18.0 Å². The number of benzene rings is 2. The summed E-state index contributed by atoms with van der Waals surface area (Å²) < 4.78 is 42.7. The van der Waals surface area contributed by atoms with Gasteiger partial charge in [-0.15, -0.1) is 0 Å². The van der Waals surface area contributed by atoms with Crippen LogP contribution in [-0.2, 0) is 15.7 Å². The van der Waals surface area contributed by atoms with Gasteiger partial charge in [-0.3, -0.25) is 4.79 Å². The lowest BCUT2D eigenvalue weighted by Gasteiger charge is -2.14. The fourth-order valence-corrected chi connectivity index (χ4v) is 2.27. The quantitative estimate of drug-likeness (QED) is 0.714. The van der Waals surface area contributed by atoms with Crippen LogP contribution >= 0.6 is 0 Å². The molecule has 2 aromatic carbocycles. The van der Waals surface area contributed by atoms with Crippen LogP contribution in [0.3, 0.4) is 0 Å². The molecule has 2 nitrogen and oxygen atoms in total. The lowest BCUT2D eigenvalue weighted by Crippen LogP contribution is -2.08. The molecule has 126 valence electrons. The van der Waals surface area contributed by atoms with Crippen molar-refractivity contribution in [2.75, 3.05) is 7.11 Å². The van der Waals surface area contributed by atoms with Gasteiger partial charge in [-0.05, 0) is 23.3 Å². The number of alkyl halides is 3. The topological polar surface area (TPSA) is 26.3 Å². The number of halogens is 3. The highest BCUT2D eigenvalue weighted by Gasteiger charge is 2.30. The summed E-state index contributed by atoms with van der Waals surface area (Å²) in [6.45, 7) is 0. The van der Waals surface area contributed by atoms with Crippen molar-refractivity contribution in [1.82, 2.24) is 0 Å². The maximum atomic E-state index is 12.7. The van der Waals surface area contributed by atoms with E-state index in [0.717, 1.165) is 17.7 Å². The van der Waals surface area contributed by atoms with E-state index in [-0.39, 0.29) is 12.3 Å². The van der Waals surface area contributed by atoms with Crippen molar-refractivity contribution in [2.45, 2.75) is 18.5 Å². The van der Waals surface area contributed by atoms with Crippen LogP contribution in [0, 0.1) is 0 Å². The van der Waals surface area contributed by atoms with Crippen LogP contribution in [0.25, 0.3) is 6.08 Å². The van der Waals surface area contributed by atoms with Gasteiger partial charge in [0.25, 0.3) is 0 Å². The number of hydrogen-bond acceptors (Lipinski definition) is 2. The Morgan fingerprint density at radius 3 is 2.25 bits per heavy atom. The van der Waals surface area contributed by atoms with Crippen molar-refractivity contribution in [3.05, 3.63) is 77.4 Å². The largest absolute Gasteiger partial charge is 0.469 e. The van der Waals surface area contributed by atoms with Gasteiger partial charge < -0.3 is 4.74 Å². The average Bonchev–Trinajstić information content (AvgIpc) is 2.58. The summed E-state index contributed by atoms with van der Waals surface area (Å²) >= 11 is 0. The van der Waals surface area contributed by atoms with Crippen LogP contribution in [-0.4, -0.2) is 13.1 Å². The number of methoxy groups -OCH3 is 1. The van der Waals surface area contributed by atoms with Gasteiger partial charge in [0, 0.05) is 5.92 Å². The molecule has 0 saturated carbocycles. The van der Waals surface area contributed by atoms with Gasteiger partial charge in [-0.1, -0.05) is 54.6 Å². The molecule has 0 fully saturated rings. The van der Waals surface area contributed by atoms with E-state index in [1.165, 1.54) is 19.2 Å². The number of allylic oxidation sites excluding steroid dienone is 1. The van der Waals surface area contributed by atoms with E-state index < -0.39 is 17.7 Å². The van der Waals surface area contributed by atoms with Crippen molar-refractivity contribution < 1.29 is 22.7 Å². The van der Waals surface area contributed by atoms with Crippen molar-refractivity contribution in [3.8, 4) is 0 Å². The Morgan fingerprint density at radius 1 is 1.08 bits per heavy atom. The maximum Gasteiger partial charge on any atom is 0.416 e. The number of hydrogen-bond donors (Lipinski definition) is 0. The monoisotopic (exact) mass is 334 g/mol. The highest BCUT2D eigenvalue weighted by atomic mass is 19.4. The molecule has 1 atom stereocenters. The third-order valence-electron chi connectivity index (χ3n) is 3.60. The van der Waals surface area contributed by atoms with Crippen molar-refractivity contribution in [2.24, 2.45) is 0 Å². The summed E-state index contributed by atoms with van der Waals surface area (Å²) in [6, 6.07) is 14.3. The zero-order valence-electron chi connectivity index (χ0n) is 13.1. The normalized spacial score (nSPS) is 13.0. The Morgan fingerprint density at radius 2 is 1.71 bits per heavy atom. The standard InChI is InChI=1S/C19H17F3O2/c1-24-18(23)13-16(8-7-14-5-3-2-4-6-14)15-9-11-17(12-10-15)19(20,21)22/h2-12,16H,13H2,1H3/b8-7+. The van der Waals surface area contributed by atoms with Crippen LogP contribution in [0.15, 0.2) is 60.7 Å². The second-order valence-corrected chi connectivity index (χ2v) is 5.28. The Labute approximate surface area is 138 Å². The molecule has 0 aliphatic rings. The second kappa shape index (κ2) is 7.81. The first-order chi connectivity index (χ1) is 11.4. The Hall–Kier alpha value is -2.56. The average molecular weight is 334 g/mol. The van der Waals surface area contributed by atoms with Crippen molar-refractivity contribution in [1.29, 1.82) is 0 Å². The molecular weight excluding hydrogens is 317 g/mol. The zero-order valence-corrected chi connectivity index (χ0v) is 13.1. The predicted octanol–water partition coefficient (Wildman–Crippen LogP) is 5.07. The molecule has 5 heteroatoms. The van der Waals surface area contributed by atoms with Crippen LogP contribution in [0.4, 0.5) is 13.2 Å². The lowest BCUT2D eigenvalue weighted by atomic mass is 9.93. The van der Waals surface area contributed by atoms with Crippen LogP contribution < -0.4 is 0 Å². The molecule has 2 aromatic rings. The fourth-order valence-electron chi connectivity index (χ4n) is 2.27. The number of esters is 1. The van der Waals surface area contributed by atoms with Gasteiger partial charge in [0.1, 0.15) is 0 Å². The molecule has 1 unspecified atom stereocenters. The molecule has 0 spiro atoms. The van der Waals surface area contributed by atoms with Gasteiger partial charge in [0.2, 0.25) is 0 Å². The lowest BCUT2D eigenvalue weighted by molar-refractivity contribution is -0.141. The van der Waals surface area contributed by atoms with Gasteiger partial charge in [-0.25, -0.2) is 0 Å². The molecule has 0 bridgehead atoms. The van der Waals surface area contributed by atoms with E-state index in [1.54, 1.807) is 6.08 Å². The summed E-state index contributed by atoms with van der Waals surface area (Å²) in [7, 11) is 1.28. The molecule has 0 heterocycles. The maximum absolute atomic E-state index is 12.7. The van der Waals surface area contributed by atoms with Gasteiger partial charge in [0.15, 0.2) is 0 Å². The molecule has 0 aliphatic carbocycles. The third kappa shape index (κ3) is 4.98. The van der Waals surface area contributed by atoms with Crippen molar-refractivity contribution in [3.63, 3.8) is 0 Å². The molecule has 24 heavy (non-hydrogen) atoms. The minimum Gasteiger partial charge on any atom is -0.469 e. The molecule has 0 radical (unpaired) electrons. The Bertz CT molecular complexity index is 689. The summed E-state index contributed by atoms with van der Waals surface area (Å²) in [5.41, 5.74) is 0.856. The summed E-state index contributed by atoms with van der Waals surface area (Å²) in [5, 5.41) is 0. The smallest absolute Gasteiger partial charge is 0.416 e. The molecule has 0 aromatic heterocycles. The molecule has 0 aliphatic heterocycles. The van der Waals surface area contributed by atoms with E-state index in [1.807, 2.05) is 36.4 Å². The molecule has 0 amide bonds. The van der Waals surface area contributed by atoms with Gasteiger partial charge in [0.05, 0.1) is 19.1 Å². The highest BCUT2D eigenvalue weighted by molar-refractivity contribution is 5.71. The Kier molecular flexibility index (Phi) is 5.79. The molecule has 0 saturated heterocycles. The third-order valence-corrected chi connectivity index (χ3v) is 3.60. The minimum atomic E-state index is -4.38. The molecule has 2 rings (SSSR count). The Balaban J connectivity index is 2.25. The van der Waals surface area contributed by atoms with E-state index in [4.69, 9.17) is 0 Å². The van der Waals surface area contributed by atoms with E-state index in [2.05, 4.69) is 4.74 Å². The second-order valence-electron chi connectivity index (χ2n) is 5.28. The fraction of sp³-hybridized carbons (Fsp3) is 0.211. The number of rotatable bonds is 5. The summed E-state index contributed by atoms with van der Waals surface area (Å²) in [6.07, 6.45) is -0.679. The van der Waals surface area contributed by atoms with E-state index in [0.29, 0.717) is 5.56 Å². The van der Waals surface area contributed by atoms with E-state index >= 15 is 0 Å². The first kappa shape index (κ1) is 17.8. The number of ether oxygens (including phenoxy) is 1. The first-order valence-corrected chi connectivity index (χ1v) is 7.37. The zero-order chi connectivity index (χ0) is 17.6. The molecule has 0 N–H and O–H groups in total. The van der Waals surface area contributed by atoms with Gasteiger partial charge >= 0.3 is 12.1 Å². The first-order valence-electron chi connectivity index (χ1n) is 7.37. The van der Waals surface area contributed by atoms with Crippen LogP contribution in [0.1, 0.15) is 29.0 Å². The highest BCUT2D eigenvalue weighted by Crippen LogP contribution is 2.31. The SMILES string of the molecule is COC(=O)CC(/C=C/c1ccccc1)c1ccc(C(F)(F)F)cc1. The summed E-state index contributed by atoms with van der Waals surface area (Å²) in [4.78, 5) is 11.6. The number of carbonyl (C=O) groups excluding carboxylic acids is 1. The van der Waals surface area contributed by atoms with Crippen LogP contribution in [0.5, 0.6) is 0 Å². The van der Waals surface area contributed by atoms with Crippen LogP contribution in [0.2, 0.25) is 0 Å². The predicted molar refractivity (Wildman–Crippen MR) is 86.3 cm³/mol. The van der Waals surface area contributed by atoms with Gasteiger partial charge in [-0.2, -0.15) is 13.2 Å². The molecular formula is C19H17F3O2. The number of carbonyl (C=O) groups is 1. The summed E-state index contributed by atoms with van der Waals surface area (Å²) in [5.74, 6) is -0.780. The minimum absolute atomic E-state index is 0.0607. The van der Waals surface area contributed by atoms with Crippen molar-refractivity contribution >= 4 is 12.0 Å².